The highest BCUT2D eigenvalue weighted by Gasteiger charge is 2.05. The van der Waals surface area contributed by atoms with Crippen LogP contribution in [0.1, 0.15) is 5.69 Å². The number of aliphatic imine (C=N–C) groups is 1. The second-order valence-electron chi connectivity index (χ2n) is 2.80. The quantitative estimate of drug-likeness (QED) is 0.443. The molecule has 0 saturated carbocycles. The van der Waals surface area contributed by atoms with Crippen LogP contribution in [0.3, 0.4) is 0 Å². The predicted molar refractivity (Wildman–Crippen MR) is 54.6 cm³/mol. The van der Waals surface area contributed by atoms with E-state index in [1.165, 1.54) is 0 Å². The van der Waals surface area contributed by atoms with Crippen molar-refractivity contribution in [2.45, 2.75) is 6.92 Å². The van der Waals surface area contributed by atoms with Crippen LogP contribution in [0.4, 0.5) is 5.69 Å². The number of hydrogen-bond acceptors (Lipinski definition) is 2. The van der Waals surface area contributed by atoms with E-state index in [0.717, 1.165) is 11.4 Å². The van der Waals surface area contributed by atoms with Gasteiger partial charge in [0.1, 0.15) is 0 Å². The van der Waals surface area contributed by atoms with Crippen LogP contribution < -0.4 is 16.4 Å². The molecule has 0 atom stereocenters. The zero-order chi connectivity index (χ0) is 9.84. The Kier molecular flexibility index (Phi) is 2.92. The van der Waals surface area contributed by atoms with Gasteiger partial charge in [-0.3, -0.25) is 0 Å². The molecule has 0 unspecified atom stereocenters. The van der Waals surface area contributed by atoms with Gasteiger partial charge >= 0.3 is 0 Å². The topological polar surface area (TPSA) is 83.4 Å². The molecular formula is C8H15N5. The third-order valence-electron chi connectivity index (χ3n) is 1.80. The molecule has 0 fully saturated rings. The van der Waals surface area contributed by atoms with Gasteiger partial charge in [-0.2, -0.15) is 0 Å². The molecule has 0 spiro atoms. The van der Waals surface area contributed by atoms with Crippen molar-refractivity contribution in [1.82, 2.24) is 4.98 Å². The molecule has 0 aliphatic carbocycles. The van der Waals surface area contributed by atoms with Crippen molar-refractivity contribution in [3.8, 4) is 0 Å². The molecule has 5 nitrogen and oxygen atoms in total. The summed E-state index contributed by atoms with van der Waals surface area (Å²) < 4.78 is 0. The van der Waals surface area contributed by atoms with E-state index in [0.29, 0.717) is 5.96 Å². The van der Waals surface area contributed by atoms with Crippen molar-refractivity contribution in [2.24, 2.45) is 16.5 Å². The Labute approximate surface area is 77.4 Å². The molecule has 1 aromatic rings. The molecule has 0 radical (unpaired) electrons. The van der Waals surface area contributed by atoms with Gasteiger partial charge in [-0.1, -0.05) is 0 Å². The monoisotopic (exact) mass is 181 g/mol. The lowest BCUT2D eigenvalue weighted by molar-refractivity contribution is 1.04. The van der Waals surface area contributed by atoms with Crippen LogP contribution in [0.2, 0.25) is 0 Å². The van der Waals surface area contributed by atoms with E-state index in [1.807, 2.05) is 26.2 Å². The van der Waals surface area contributed by atoms with Crippen LogP contribution in [0.25, 0.3) is 0 Å². The second kappa shape index (κ2) is 3.95. The lowest BCUT2D eigenvalue weighted by Gasteiger charge is -2.15. The molecule has 0 amide bonds. The van der Waals surface area contributed by atoms with Crippen molar-refractivity contribution in [3.05, 3.63) is 18.0 Å². The minimum atomic E-state index is 0.208. The van der Waals surface area contributed by atoms with E-state index in [1.54, 1.807) is 4.90 Å². The summed E-state index contributed by atoms with van der Waals surface area (Å²) in [7, 11) is 1.84. The van der Waals surface area contributed by atoms with Gasteiger partial charge in [0.25, 0.3) is 0 Å². The summed E-state index contributed by atoms with van der Waals surface area (Å²) in [5.41, 5.74) is 13.0. The van der Waals surface area contributed by atoms with Crippen LogP contribution in [0, 0.1) is 6.92 Å². The number of hydrogen-bond donors (Lipinski definition) is 3. The summed E-state index contributed by atoms with van der Waals surface area (Å²) in [5, 5.41) is 0. The zero-order valence-electron chi connectivity index (χ0n) is 7.91. The fraction of sp³-hybridized carbons (Fsp3) is 0.375. The fourth-order valence-corrected chi connectivity index (χ4v) is 1.02. The lowest BCUT2D eigenvalue weighted by atomic mass is 10.4. The number of anilines is 1. The Hall–Kier alpha value is -1.49. The molecule has 1 rings (SSSR count). The van der Waals surface area contributed by atoms with E-state index < -0.39 is 0 Å². The summed E-state index contributed by atoms with van der Waals surface area (Å²) in [4.78, 5) is 8.73. The molecule has 0 bridgehead atoms. The van der Waals surface area contributed by atoms with Crippen molar-refractivity contribution in [3.63, 3.8) is 0 Å². The average Bonchev–Trinajstić information content (AvgIpc) is 2.51. The first-order chi connectivity index (χ1) is 6.15. The molecular weight excluding hydrogens is 166 g/mol. The normalized spacial score (nSPS) is 11.8. The SMILES string of the molecule is Cc1cc(N(C)C(N)=NCN)c[nH]1. The molecule has 1 heterocycles. The number of aryl methyl sites for hydroxylation is 1. The molecule has 5 N–H and O–H groups in total. The van der Waals surface area contributed by atoms with Crippen LogP contribution in [-0.4, -0.2) is 24.7 Å². The Balaban J connectivity index is 2.78. The smallest absolute Gasteiger partial charge is 0.196 e. The van der Waals surface area contributed by atoms with Crippen molar-refractivity contribution >= 4 is 11.6 Å². The molecule has 0 aliphatic heterocycles. The summed E-state index contributed by atoms with van der Waals surface area (Å²) in [6.07, 6.45) is 1.87. The highest BCUT2D eigenvalue weighted by Crippen LogP contribution is 2.12. The second-order valence-corrected chi connectivity index (χ2v) is 2.80. The van der Waals surface area contributed by atoms with E-state index >= 15 is 0 Å². The first kappa shape index (κ1) is 9.60. The summed E-state index contributed by atoms with van der Waals surface area (Å²) in [6, 6.07) is 1.99. The standard InChI is InChI=1S/C8H15N5/c1-6-3-7(4-11-6)13(2)8(10)12-5-9/h3-4,11H,5,9H2,1-2H3,(H2,10,12). The van der Waals surface area contributed by atoms with Gasteiger partial charge in [0.2, 0.25) is 0 Å². The van der Waals surface area contributed by atoms with E-state index in [4.69, 9.17) is 11.5 Å². The van der Waals surface area contributed by atoms with E-state index in [-0.39, 0.29) is 6.67 Å². The van der Waals surface area contributed by atoms with Gasteiger partial charge in [0, 0.05) is 18.9 Å². The van der Waals surface area contributed by atoms with Gasteiger partial charge in [0.05, 0.1) is 12.4 Å². The van der Waals surface area contributed by atoms with Gasteiger partial charge < -0.3 is 21.4 Å². The van der Waals surface area contributed by atoms with Gasteiger partial charge in [-0.15, -0.1) is 0 Å². The number of nitrogens with zero attached hydrogens (tertiary/aromatic N) is 2. The summed E-state index contributed by atoms with van der Waals surface area (Å²) in [5.74, 6) is 0.418. The molecule has 5 heteroatoms. The highest BCUT2D eigenvalue weighted by atomic mass is 15.2. The number of rotatable bonds is 2. The van der Waals surface area contributed by atoms with Crippen molar-refractivity contribution in [2.75, 3.05) is 18.6 Å². The summed E-state index contributed by atoms with van der Waals surface area (Å²) >= 11 is 0. The summed E-state index contributed by atoms with van der Waals surface area (Å²) in [6.45, 7) is 2.19. The Bertz CT molecular complexity index is 301. The predicted octanol–water partition coefficient (Wildman–Crippen LogP) is -0.00978. The molecule has 13 heavy (non-hydrogen) atoms. The zero-order valence-corrected chi connectivity index (χ0v) is 7.91. The minimum absolute atomic E-state index is 0.208. The van der Waals surface area contributed by atoms with Crippen molar-refractivity contribution < 1.29 is 0 Å². The van der Waals surface area contributed by atoms with Crippen LogP contribution in [-0.2, 0) is 0 Å². The first-order valence-corrected chi connectivity index (χ1v) is 4.04. The molecule has 1 aromatic heterocycles. The maximum atomic E-state index is 5.65. The number of nitrogens with one attached hydrogen (secondary N) is 1. The lowest BCUT2D eigenvalue weighted by Crippen LogP contribution is -2.34. The average molecular weight is 181 g/mol. The number of H-pyrrole nitrogens is 1. The molecule has 0 aliphatic rings. The van der Waals surface area contributed by atoms with Gasteiger partial charge in [-0.25, -0.2) is 4.99 Å². The number of aromatic nitrogens is 1. The third-order valence-corrected chi connectivity index (χ3v) is 1.80. The van der Waals surface area contributed by atoms with Crippen LogP contribution in [0.5, 0.6) is 0 Å². The van der Waals surface area contributed by atoms with Gasteiger partial charge in [-0.05, 0) is 13.0 Å². The molecule has 72 valence electrons. The van der Waals surface area contributed by atoms with Crippen LogP contribution >= 0.6 is 0 Å². The minimum Gasteiger partial charge on any atom is -0.369 e. The largest absolute Gasteiger partial charge is 0.369 e. The highest BCUT2D eigenvalue weighted by molar-refractivity contribution is 5.94. The number of nitrogens with two attached hydrogens (primary N) is 2. The maximum absolute atomic E-state index is 5.65. The third kappa shape index (κ3) is 2.22. The van der Waals surface area contributed by atoms with Crippen LogP contribution in [0.15, 0.2) is 17.3 Å². The van der Waals surface area contributed by atoms with E-state index in [9.17, 15) is 0 Å². The fourth-order valence-electron chi connectivity index (χ4n) is 1.02. The maximum Gasteiger partial charge on any atom is 0.196 e. The Morgan fingerprint density at radius 3 is 2.85 bits per heavy atom. The van der Waals surface area contributed by atoms with E-state index in [2.05, 4.69) is 9.98 Å². The number of aromatic amines is 1. The molecule has 0 aromatic carbocycles. The first-order valence-electron chi connectivity index (χ1n) is 4.04. The van der Waals surface area contributed by atoms with Crippen molar-refractivity contribution in [1.29, 1.82) is 0 Å². The van der Waals surface area contributed by atoms with Gasteiger partial charge in [0.15, 0.2) is 5.96 Å². The number of guanidine groups is 1. The molecule has 0 saturated heterocycles. The Morgan fingerprint density at radius 1 is 1.69 bits per heavy atom. The Morgan fingerprint density at radius 2 is 2.38 bits per heavy atom.